The number of nitrogens with one attached hydrogen (secondary N) is 1. The molecule has 3 heterocycles. The van der Waals surface area contributed by atoms with Crippen LogP contribution in [-0.4, -0.2) is 62.7 Å². The molecular weight excluding hydrogens is 454 g/mol. The first-order valence-corrected chi connectivity index (χ1v) is 11.3. The van der Waals surface area contributed by atoms with Crippen LogP contribution in [0, 0.1) is 17.3 Å². The van der Waals surface area contributed by atoms with Crippen LogP contribution in [0.3, 0.4) is 0 Å². The summed E-state index contributed by atoms with van der Waals surface area (Å²) in [5.74, 6) is 5.73. The lowest BCUT2D eigenvalue weighted by Crippen LogP contribution is -2.34. The molecule has 11 nitrogen and oxygen atoms in total. The molecule has 2 aromatic heterocycles. The van der Waals surface area contributed by atoms with E-state index in [0.717, 1.165) is 0 Å². The van der Waals surface area contributed by atoms with Crippen molar-refractivity contribution in [2.45, 2.75) is 72.0 Å². The molecule has 0 radical (unpaired) electrons. The number of hydrogen-bond donors (Lipinski definition) is 3. The fourth-order valence-electron chi connectivity index (χ4n) is 3.47. The molecule has 1 amide bonds. The van der Waals surface area contributed by atoms with Crippen LogP contribution in [0.1, 0.15) is 59.8 Å². The highest BCUT2D eigenvalue weighted by molar-refractivity contribution is 5.92. The Bertz CT molecular complexity index is 1150. The predicted molar refractivity (Wildman–Crippen MR) is 128 cm³/mol. The van der Waals surface area contributed by atoms with Crippen molar-refractivity contribution in [2.24, 2.45) is 5.41 Å². The number of esters is 1. The monoisotopic (exact) mass is 487 g/mol. The first kappa shape index (κ1) is 26.2. The zero-order valence-electron chi connectivity index (χ0n) is 20.9. The number of carbonyl (C=O) groups excluding carboxylic acids is 2. The second-order valence-electron chi connectivity index (χ2n) is 10.3. The molecule has 1 fully saturated rings. The van der Waals surface area contributed by atoms with E-state index >= 15 is 0 Å². The standard InChI is InChI=1S/C24H33N5O6/c1-23(2,3)21(31)34-15-10-17(33-16(15)12-30)29-11-14(18-19(25)27-13-28-20(18)29)8-7-9-26-22(32)35-24(4,5)6/h11,13,15-17,30H,9-10,12H2,1-6H3,(H,26,32)(H2,25,27,28)/t15-,16+,17+/m0/s1. The Kier molecular flexibility index (Phi) is 7.57. The number of aliphatic hydroxyl groups excluding tert-OH is 1. The summed E-state index contributed by atoms with van der Waals surface area (Å²) >= 11 is 0. The van der Waals surface area contributed by atoms with Gasteiger partial charge in [-0.1, -0.05) is 11.8 Å². The predicted octanol–water partition coefficient (Wildman–Crippen LogP) is 2.13. The number of aromatic nitrogens is 3. The summed E-state index contributed by atoms with van der Waals surface area (Å²) in [7, 11) is 0. The van der Waals surface area contributed by atoms with Crippen molar-refractivity contribution in [1.29, 1.82) is 0 Å². The fourth-order valence-corrected chi connectivity index (χ4v) is 3.47. The molecule has 0 aromatic carbocycles. The van der Waals surface area contributed by atoms with Crippen LogP contribution in [0.2, 0.25) is 0 Å². The van der Waals surface area contributed by atoms with Crippen molar-refractivity contribution < 1.29 is 28.9 Å². The number of nitrogen functional groups attached to an aromatic ring is 1. The molecule has 0 aliphatic carbocycles. The van der Waals surface area contributed by atoms with E-state index in [1.165, 1.54) is 6.33 Å². The summed E-state index contributed by atoms with van der Waals surface area (Å²) < 4.78 is 18.6. The van der Waals surface area contributed by atoms with Gasteiger partial charge in [0.1, 0.15) is 41.8 Å². The number of fused-ring (bicyclic) bond motifs is 1. The maximum atomic E-state index is 12.4. The highest BCUT2D eigenvalue weighted by Crippen LogP contribution is 2.36. The fraction of sp³-hybridized carbons (Fsp3) is 0.583. The Balaban J connectivity index is 1.83. The number of alkyl carbamates (subject to hydrolysis) is 1. The lowest BCUT2D eigenvalue weighted by molar-refractivity contribution is -0.162. The molecule has 0 unspecified atom stereocenters. The van der Waals surface area contributed by atoms with E-state index < -0.39 is 35.5 Å². The third-order valence-electron chi connectivity index (χ3n) is 5.12. The van der Waals surface area contributed by atoms with Gasteiger partial charge in [-0.05, 0) is 41.5 Å². The van der Waals surface area contributed by atoms with Crippen LogP contribution in [0.4, 0.5) is 10.6 Å². The Morgan fingerprint density at radius 1 is 1.29 bits per heavy atom. The van der Waals surface area contributed by atoms with Gasteiger partial charge in [-0.25, -0.2) is 14.8 Å². The third kappa shape index (κ3) is 6.41. The van der Waals surface area contributed by atoms with E-state index in [4.69, 9.17) is 19.9 Å². The number of aliphatic hydroxyl groups is 1. The molecule has 0 saturated carbocycles. The van der Waals surface area contributed by atoms with E-state index in [2.05, 4.69) is 27.1 Å². The van der Waals surface area contributed by atoms with Gasteiger partial charge in [0, 0.05) is 12.6 Å². The van der Waals surface area contributed by atoms with Crippen LogP contribution in [0.15, 0.2) is 12.5 Å². The van der Waals surface area contributed by atoms with Gasteiger partial charge in [0.15, 0.2) is 0 Å². The molecule has 1 aliphatic rings. The second-order valence-corrected chi connectivity index (χ2v) is 10.3. The van der Waals surface area contributed by atoms with Gasteiger partial charge in [-0.3, -0.25) is 4.79 Å². The lowest BCUT2D eigenvalue weighted by Gasteiger charge is -2.22. The van der Waals surface area contributed by atoms with E-state index in [-0.39, 0.29) is 24.9 Å². The van der Waals surface area contributed by atoms with Crippen LogP contribution in [0.25, 0.3) is 11.0 Å². The normalized spacial score (nSPS) is 20.3. The van der Waals surface area contributed by atoms with Crippen molar-refractivity contribution in [3.8, 4) is 11.8 Å². The molecule has 3 atom stereocenters. The van der Waals surface area contributed by atoms with E-state index in [1.807, 2.05) is 0 Å². The SMILES string of the molecule is CC(C)(C)OC(=O)NCC#Cc1cn([C@H]2C[C@H](OC(=O)C(C)(C)C)[C@@H](CO)O2)c2ncnc(N)c12. The van der Waals surface area contributed by atoms with Gasteiger partial charge < -0.3 is 34.9 Å². The van der Waals surface area contributed by atoms with Gasteiger partial charge in [0.05, 0.1) is 29.5 Å². The Hall–Kier alpha value is -3.36. The average Bonchev–Trinajstić information content (AvgIpc) is 3.31. The maximum Gasteiger partial charge on any atom is 0.408 e. The zero-order chi connectivity index (χ0) is 26.0. The molecule has 3 rings (SSSR count). The minimum atomic E-state index is -0.685. The second kappa shape index (κ2) is 10.1. The number of anilines is 1. The molecule has 190 valence electrons. The van der Waals surface area contributed by atoms with Gasteiger partial charge >= 0.3 is 12.1 Å². The van der Waals surface area contributed by atoms with Crippen molar-refractivity contribution >= 4 is 28.9 Å². The summed E-state index contributed by atoms with van der Waals surface area (Å²) in [6.07, 6.45) is 0.929. The van der Waals surface area contributed by atoms with Gasteiger partial charge in [-0.2, -0.15) is 0 Å². The largest absolute Gasteiger partial charge is 0.459 e. The lowest BCUT2D eigenvalue weighted by atomic mass is 9.97. The van der Waals surface area contributed by atoms with E-state index in [9.17, 15) is 14.7 Å². The third-order valence-corrected chi connectivity index (χ3v) is 5.12. The highest BCUT2D eigenvalue weighted by atomic mass is 16.6. The molecule has 2 aromatic rings. The van der Waals surface area contributed by atoms with Crippen LogP contribution in [0.5, 0.6) is 0 Å². The maximum absolute atomic E-state index is 12.4. The molecule has 1 aliphatic heterocycles. The smallest absolute Gasteiger partial charge is 0.408 e. The van der Waals surface area contributed by atoms with E-state index in [1.54, 1.807) is 52.3 Å². The van der Waals surface area contributed by atoms with Gasteiger partial charge in [0.25, 0.3) is 0 Å². The molecule has 1 saturated heterocycles. The highest BCUT2D eigenvalue weighted by Gasteiger charge is 2.41. The number of carbonyl (C=O) groups is 2. The number of rotatable bonds is 4. The van der Waals surface area contributed by atoms with Crippen molar-refractivity contribution in [1.82, 2.24) is 19.9 Å². The van der Waals surface area contributed by atoms with Crippen molar-refractivity contribution in [2.75, 3.05) is 18.9 Å². The Morgan fingerprint density at radius 3 is 2.63 bits per heavy atom. The minimum absolute atomic E-state index is 0.0620. The summed E-state index contributed by atoms with van der Waals surface area (Å²) in [4.78, 5) is 32.6. The number of nitrogens with zero attached hydrogens (tertiary/aromatic N) is 3. The number of hydrogen-bond acceptors (Lipinski definition) is 9. The Labute approximate surface area is 204 Å². The summed E-state index contributed by atoms with van der Waals surface area (Å²) in [6.45, 7) is 10.4. The van der Waals surface area contributed by atoms with Crippen molar-refractivity contribution in [3.05, 3.63) is 18.1 Å². The summed E-state index contributed by atoms with van der Waals surface area (Å²) in [5, 5.41) is 12.9. The number of amides is 1. The summed E-state index contributed by atoms with van der Waals surface area (Å²) in [5.41, 5.74) is 5.86. The quantitative estimate of drug-likeness (QED) is 0.435. The Morgan fingerprint density at radius 2 is 2.00 bits per heavy atom. The summed E-state index contributed by atoms with van der Waals surface area (Å²) in [6, 6.07) is 0. The first-order chi connectivity index (χ1) is 16.3. The molecule has 35 heavy (non-hydrogen) atoms. The first-order valence-electron chi connectivity index (χ1n) is 11.3. The number of ether oxygens (including phenoxy) is 3. The zero-order valence-corrected chi connectivity index (χ0v) is 20.9. The molecule has 11 heteroatoms. The minimum Gasteiger partial charge on any atom is -0.459 e. The molecule has 4 N–H and O–H groups in total. The number of nitrogens with two attached hydrogens (primary N) is 1. The van der Waals surface area contributed by atoms with Crippen LogP contribution >= 0.6 is 0 Å². The van der Waals surface area contributed by atoms with Gasteiger partial charge in [0.2, 0.25) is 0 Å². The van der Waals surface area contributed by atoms with Crippen LogP contribution in [-0.2, 0) is 19.0 Å². The van der Waals surface area contributed by atoms with Crippen molar-refractivity contribution in [3.63, 3.8) is 0 Å². The average molecular weight is 488 g/mol. The molecule has 0 bridgehead atoms. The molecule has 0 spiro atoms. The van der Waals surface area contributed by atoms with Crippen LogP contribution < -0.4 is 11.1 Å². The van der Waals surface area contributed by atoms with E-state index in [0.29, 0.717) is 23.0 Å². The molecular formula is C24H33N5O6. The topological polar surface area (TPSA) is 151 Å². The van der Waals surface area contributed by atoms with Gasteiger partial charge in [-0.15, -0.1) is 0 Å².